The molecular formula is C14H21N3S. The van der Waals surface area contributed by atoms with E-state index in [1.807, 2.05) is 19.2 Å². The highest BCUT2D eigenvalue weighted by atomic mass is 32.1. The van der Waals surface area contributed by atoms with E-state index in [1.165, 1.54) is 25.7 Å². The molecule has 1 saturated carbocycles. The van der Waals surface area contributed by atoms with E-state index in [4.69, 9.17) is 18.0 Å². The molecule has 18 heavy (non-hydrogen) atoms. The number of thiocarbonyl (C=S) groups is 1. The number of nitrogens with one attached hydrogen (secondary N) is 1. The third kappa shape index (κ3) is 2.99. The Morgan fingerprint density at radius 2 is 2.06 bits per heavy atom. The summed E-state index contributed by atoms with van der Waals surface area (Å²) in [6.45, 7) is 4.34. The molecule has 0 aliphatic heterocycles. The van der Waals surface area contributed by atoms with Gasteiger partial charge < -0.3 is 11.1 Å². The Morgan fingerprint density at radius 1 is 1.39 bits per heavy atom. The Hall–Kier alpha value is -1.16. The van der Waals surface area contributed by atoms with Crippen molar-refractivity contribution in [3.05, 3.63) is 23.4 Å². The first kappa shape index (κ1) is 13.3. The van der Waals surface area contributed by atoms with E-state index in [0.29, 0.717) is 11.0 Å². The SMILES string of the molecule is Cc1ccnc(NC2CCC(C)CC2)c1C(N)=S. The van der Waals surface area contributed by atoms with Gasteiger partial charge in [-0.05, 0) is 50.2 Å². The maximum absolute atomic E-state index is 5.79. The smallest absolute Gasteiger partial charge is 0.136 e. The van der Waals surface area contributed by atoms with Crippen LogP contribution < -0.4 is 11.1 Å². The van der Waals surface area contributed by atoms with Gasteiger partial charge in [-0.2, -0.15) is 0 Å². The highest BCUT2D eigenvalue weighted by Gasteiger charge is 2.20. The van der Waals surface area contributed by atoms with Crippen molar-refractivity contribution < 1.29 is 0 Å². The second kappa shape index (κ2) is 5.65. The van der Waals surface area contributed by atoms with Gasteiger partial charge in [0.05, 0.1) is 5.56 Å². The van der Waals surface area contributed by atoms with Crippen molar-refractivity contribution in [1.82, 2.24) is 4.98 Å². The van der Waals surface area contributed by atoms with Crippen molar-refractivity contribution in [2.75, 3.05) is 5.32 Å². The zero-order valence-electron chi connectivity index (χ0n) is 11.1. The second-order valence-electron chi connectivity index (χ2n) is 5.32. The minimum absolute atomic E-state index is 0.423. The van der Waals surface area contributed by atoms with Crippen LogP contribution in [0.3, 0.4) is 0 Å². The Bertz CT molecular complexity index is 437. The quantitative estimate of drug-likeness (QED) is 0.823. The largest absolute Gasteiger partial charge is 0.389 e. The minimum Gasteiger partial charge on any atom is -0.389 e. The zero-order valence-corrected chi connectivity index (χ0v) is 11.9. The molecule has 1 aromatic heterocycles. The molecule has 3 nitrogen and oxygen atoms in total. The van der Waals surface area contributed by atoms with Crippen molar-refractivity contribution in [3.8, 4) is 0 Å². The Labute approximate surface area is 114 Å². The van der Waals surface area contributed by atoms with Gasteiger partial charge in [0.2, 0.25) is 0 Å². The highest BCUT2D eigenvalue weighted by Crippen LogP contribution is 2.27. The van der Waals surface area contributed by atoms with Crippen LogP contribution in [0.2, 0.25) is 0 Å². The van der Waals surface area contributed by atoms with E-state index in [9.17, 15) is 0 Å². The maximum Gasteiger partial charge on any atom is 0.136 e. The van der Waals surface area contributed by atoms with Crippen LogP contribution in [0.4, 0.5) is 5.82 Å². The summed E-state index contributed by atoms with van der Waals surface area (Å²) in [6, 6.07) is 2.45. The monoisotopic (exact) mass is 263 g/mol. The first-order chi connectivity index (χ1) is 8.58. The van der Waals surface area contributed by atoms with Gasteiger partial charge in [0.25, 0.3) is 0 Å². The molecule has 0 spiro atoms. The van der Waals surface area contributed by atoms with Crippen LogP contribution in [0.5, 0.6) is 0 Å². The molecule has 1 aliphatic rings. The molecule has 0 aromatic carbocycles. The van der Waals surface area contributed by atoms with E-state index in [2.05, 4.69) is 17.2 Å². The van der Waals surface area contributed by atoms with E-state index in [1.54, 1.807) is 0 Å². The number of aryl methyl sites for hydroxylation is 1. The molecule has 1 aliphatic carbocycles. The number of aromatic nitrogens is 1. The van der Waals surface area contributed by atoms with Crippen LogP contribution >= 0.6 is 12.2 Å². The number of rotatable bonds is 3. The molecule has 4 heteroatoms. The fourth-order valence-corrected chi connectivity index (χ4v) is 2.83. The molecule has 1 heterocycles. The summed E-state index contributed by atoms with van der Waals surface area (Å²) < 4.78 is 0. The average molecular weight is 263 g/mol. The van der Waals surface area contributed by atoms with E-state index < -0.39 is 0 Å². The number of nitrogens with zero attached hydrogens (tertiary/aromatic N) is 1. The lowest BCUT2D eigenvalue weighted by Gasteiger charge is -2.28. The summed E-state index contributed by atoms with van der Waals surface area (Å²) in [5.41, 5.74) is 7.78. The Balaban J connectivity index is 2.14. The predicted octanol–water partition coefficient (Wildman–Crippen LogP) is 3.01. The molecule has 0 amide bonds. The Kier molecular flexibility index (Phi) is 4.17. The summed E-state index contributed by atoms with van der Waals surface area (Å²) in [5.74, 6) is 1.70. The number of hydrogen-bond acceptors (Lipinski definition) is 3. The van der Waals surface area contributed by atoms with Gasteiger partial charge in [0.1, 0.15) is 10.8 Å². The predicted molar refractivity (Wildman–Crippen MR) is 79.9 cm³/mol. The number of hydrogen-bond donors (Lipinski definition) is 2. The van der Waals surface area contributed by atoms with Crippen LogP contribution in [-0.4, -0.2) is 16.0 Å². The molecule has 1 aromatic rings. The number of nitrogens with two attached hydrogens (primary N) is 1. The molecule has 0 bridgehead atoms. The maximum atomic E-state index is 5.79. The lowest BCUT2D eigenvalue weighted by molar-refractivity contribution is 0.361. The third-order valence-electron chi connectivity index (χ3n) is 3.76. The topological polar surface area (TPSA) is 50.9 Å². The Morgan fingerprint density at radius 3 is 2.67 bits per heavy atom. The fraction of sp³-hybridized carbons (Fsp3) is 0.571. The van der Waals surface area contributed by atoms with Crippen LogP contribution in [0, 0.1) is 12.8 Å². The first-order valence-corrected chi connectivity index (χ1v) is 7.00. The summed E-state index contributed by atoms with van der Waals surface area (Å²) in [5, 5.41) is 3.51. The standard InChI is InChI=1S/C14H21N3S/c1-9-3-5-11(6-4-9)17-14-12(13(15)18)10(2)7-8-16-14/h7-9,11H,3-6H2,1-2H3,(H2,15,18)(H,16,17). The minimum atomic E-state index is 0.423. The van der Waals surface area contributed by atoms with Crippen molar-refractivity contribution in [1.29, 1.82) is 0 Å². The molecular weight excluding hydrogens is 242 g/mol. The molecule has 0 atom stereocenters. The van der Waals surface area contributed by atoms with E-state index in [-0.39, 0.29) is 0 Å². The third-order valence-corrected chi connectivity index (χ3v) is 3.97. The second-order valence-corrected chi connectivity index (χ2v) is 5.76. The highest BCUT2D eigenvalue weighted by molar-refractivity contribution is 7.80. The van der Waals surface area contributed by atoms with Crippen LogP contribution in [0.15, 0.2) is 12.3 Å². The van der Waals surface area contributed by atoms with Gasteiger partial charge >= 0.3 is 0 Å². The van der Waals surface area contributed by atoms with Crippen molar-refractivity contribution in [2.24, 2.45) is 11.7 Å². The van der Waals surface area contributed by atoms with Gasteiger partial charge in [0, 0.05) is 12.2 Å². The van der Waals surface area contributed by atoms with Crippen molar-refractivity contribution in [3.63, 3.8) is 0 Å². The molecule has 0 radical (unpaired) electrons. The van der Waals surface area contributed by atoms with E-state index >= 15 is 0 Å². The van der Waals surface area contributed by atoms with Gasteiger partial charge in [0.15, 0.2) is 0 Å². The fourth-order valence-electron chi connectivity index (χ4n) is 2.58. The van der Waals surface area contributed by atoms with Crippen LogP contribution in [-0.2, 0) is 0 Å². The molecule has 2 rings (SSSR count). The first-order valence-electron chi connectivity index (χ1n) is 6.60. The van der Waals surface area contributed by atoms with Crippen molar-refractivity contribution >= 4 is 23.0 Å². The van der Waals surface area contributed by atoms with Crippen LogP contribution in [0.25, 0.3) is 0 Å². The molecule has 98 valence electrons. The summed E-state index contributed by atoms with van der Waals surface area (Å²) in [7, 11) is 0. The lowest BCUT2D eigenvalue weighted by atomic mass is 9.87. The zero-order chi connectivity index (χ0) is 13.1. The normalized spacial score (nSPS) is 23.7. The summed E-state index contributed by atoms with van der Waals surface area (Å²) in [4.78, 5) is 4.82. The number of pyridine rings is 1. The van der Waals surface area contributed by atoms with E-state index in [0.717, 1.165) is 22.9 Å². The average Bonchev–Trinajstić information content (AvgIpc) is 2.32. The number of anilines is 1. The molecule has 3 N–H and O–H groups in total. The van der Waals surface area contributed by atoms with Gasteiger partial charge in [-0.1, -0.05) is 19.1 Å². The van der Waals surface area contributed by atoms with Gasteiger partial charge in [-0.3, -0.25) is 0 Å². The lowest BCUT2D eigenvalue weighted by Crippen LogP contribution is -2.27. The van der Waals surface area contributed by atoms with Gasteiger partial charge in [-0.25, -0.2) is 4.98 Å². The molecule has 0 saturated heterocycles. The van der Waals surface area contributed by atoms with Gasteiger partial charge in [-0.15, -0.1) is 0 Å². The molecule has 0 unspecified atom stereocenters. The summed E-state index contributed by atoms with van der Waals surface area (Å²) >= 11 is 5.12. The van der Waals surface area contributed by atoms with Crippen LogP contribution in [0.1, 0.15) is 43.7 Å². The van der Waals surface area contributed by atoms with Crippen molar-refractivity contribution in [2.45, 2.75) is 45.6 Å². The molecule has 1 fully saturated rings. The summed E-state index contributed by atoms with van der Waals surface area (Å²) in [6.07, 6.45) is 6.78.